The summed E-state index contributed by atoms with van der Waals surface area (Å²) in [6.45, 7) is 0.0435. The third kappa shape index (κ3) is 5.31. The fraction of sp³-hybridized carbons (Fsp3) is 0.417. The molecule has 2 atom stereocenters. The van der Waals surface area contributed by atoms with Crippen molar-refractivity contribution in [3.63, 3.8) is 0 Å². The number of β-lactam (4-membered cyclic amide) rings is 1. The molecule has 2 amide bonds. The Balaban J connectivity index is 1.29. The zero-order valence-electron chi connectivity index (χ0n) is 20.5. The van der Waals surface area contributed by atoms with Crippen LogP contribution in [0.5, 0.6) is 0 Å². The average molecular weight is 560 g/mol. The van der Waals surface area contributed by atoms with Crippen LogP contribution in [-0.4, -0.2) is 69.0 Å². The number of nitrogens with zero attached hydrogens (tertiary/aromatic N) is 4. The van der Waals surface area contributed by atoms with E-state index in [9.17, 15) is 19.5 Å². The summed E-state index contributed by atoms with van der Waals surface area (Å²) in [5.74, 6) is -2.02. The number of fused-ring (bicyclic) bond motifs is 1. The minimum Gasteiger partial charge on any atom is -0.492 e. The quantitative estimate of drug-likeness (QED) is 0.134. The molecule has 1 saturated heterocycles. The van der Waals surface area contributed by atoms with E-state index in [-0.39, 0.29) is 46.5 Å². The smallest absolute Gasteiger partial charge is 0.356 e. The minimum absolute atomic E-state index is 0.0435. The molecule has 3 aliphatic rings. The summed E-state index contributed by atoms with van der Waals surface area (Å²) in [5, 5.41) is 18.5. The maximum atomic E-state index is 13.2. The zero-order chi connectivity index (χ0) is 26.8. The standard InChI is InChI=1S/C24H26N6O6S2/c1-29-8-6-14(7-9-29)37-12-17-20(23(33)34)30-16(10-35-17)19(22(30)32)27-21(31)18(15-11-38-24(25)26-15)28-36-13-4-2-3-5-13/h6-9,11,13,16,19H,2-5,10,12H2,1H3,(H3-,25,26,27,31,33,34)/p+1/b28-18-/t16-,19+/m1/s1. The van der Waals surface area contributed by atoms with Crippen molar-refractivity contribution < 1.29 is 33.6 Å². The van der Waals surface area contributed by atoms with E-state index in [1.165, 1.54) is 16.7 Å². The Hall–Kier alpha value is -3.65. The molecule has 2 aromatic rings. The normalized spacial score (nSPS) is 21.6. The summed E-state index contributed by atoms with van der Waals surface area (Å²) >= 11 is 2.56. The van der Waals surface area contributed by atoms with Crippen LogP contribution in [-0.2, 0) is 31.0 Å². The molecule has 200 valence electrons. The molecule has 14 heteroatoms. The molecule has 5 rings (SSSR count). The largest absolute Gasteiger partial charge is 0.492 e. The van der Waals surface area contributed by atoms with Crippen LogP contribution in [0.15, 0.2) is 51.4 Å². The molecule has 2 aliphatic heterocycles. The van der Waals surface area contributed by atoms with Crippen LogP contribution in [0.4, 0.5) is 5.13 Å². The van der Waals surface area contributed by atoms with Gasteiger partial charge in [0.05, 0.1) is 5.75 Å². The van der Waals surface area contributed by atoms with Crippen LogP contribution in [0.3, 0.4) is 0 Å². The molecule has 2 fully saturated rings. The van der Waals surface area contributed by atoms with Gasteiger partial charge in [-0.2, -0.15) is 0 Å². The van der Waals surface area contributed by atoms with E-state index in [2.05, 4.69) is 15.5 Å². The third-order valence-electron chi connectivity index (χ3n) is 6.54. The molecule has 0 aromatic carbocycles. The van der Waals surface area contributed by atoms with Crippen LogP contribution in [0.1, 0.15) is 31.4 Å². The number of aryl methyl sites for hydroxylation is 1. The number of amides is 2. The zero-order valence-corrected chi connectivity index (χ0v) is 22.2. The number of nitrogen functional groups attached to an aromatic ring is 1. The number of thioether (sulfide) groups is 1. The van der Waals surface area contributed by atoms with Crippen molar-refractivity contribution in [1.82, 2.24) is 15.2 Å². The Kier molecular flexibility index (Phi) is 7.51. The summed E-state index contributed by atoms with van der Waals surface area (Å²) in [7, 11) is 1.90. The minimum atomic E-state index is -1.27. The van der Waals surface area contributed by atoms with Gasteiger partial charge in [-0.3, -0.25) is 14.5 Å². The van der Waals surface area contributed by atoms with Gasteiger partial charge >= 0.3 is 5.97 Å². The second-order valence-electron chi connectivity index (χ2n) is 9.13. The Morgan fingerprint density at radius 2 is 2.11 bits per heavy atom. The SMILES string of the molecule is C[n+]1ccc(SCC2=C(C(=O)O)N3C(=O)[C@@H](NC(=O)/C(=N\OC4CCCC4)c4csc(N)n4)[C@H]3CO2)cc1. The summed E-state index contributed by atoms with van der Waals surface area (Å²) < 4.78 is 7.69. The Morgan fingerprint density at radius 3 is 2.76 bits per heavy atom. The Morgan fingerprint density at radius 1 is 1.37 bits per heavy atom. The van der Waals surface area contributed by atoms with Gasteiger partial charge in [0.15, 0.2) is 28.9 Å². The van der Waals surface area contributed by atoms with Gasteiger partial charge in [-0.05, 0) is 25.7 Å². The number of aliphatic carboxylic acids is 1. The highest BCUT2D eigenvalue weighted by atomic mass is 32.2. The summed E-state index contributed by atoms with van der Waals surface area (Å²) in [6, 6.07) is 2.17. The first-order valence-corrected chi connectivity index (χ1v) is 13.9. The molecule has 4 N–H and O–H groups in total. The second kappa shape index (κ2) is 11.0. The van der Waals surface area contributed by atoms with Crippen LogP contribution in [0, 0.1) is 0 Å². The second-order valence-corrected chi connectivity index (χ2v) is 11.1. The number of thiazole rings is 1. The predicted octanol–water partition coefficient (Wildman–Crippen LogP) is 1.03. The van der Waals surface area contributed by atoms with Crippen molar-refractivity contribution in [2.75, 3.05) is 18.1 Å². The van der Waals surface area contributed by atoms with Gasteiger partial charge in [-0.1, -0.05) is 5.16 Å². The lowest BCUT2D eigenvalue weighted by Gasteiger charge is -2.49. The first-order chi connectivity index (χ1) is 18.3. The maximum Gasteiger partial charge on any atom is 0.356 e. The predicted molar refractivity (Wildman–Crippen MR) is 138 cm³/mol. The maximum absolute atomic E-state index is 13.2. The van der Waals surface area contributed by atoms with Crippen molar-refractivity contribution in [3.8, 4) is 0 Å². The number of oxime groups is 1. The molecular formula is C24H27N6O6S2+. The number of anilines is 1. The number of pyridine rings is 1. The lowest BCUT2D eigenvalue weighted by molar-refractivity contribution is -0.671. The number of aromatic nitrogens is 2. The molecular weight excluding hydrogens is 532 g/mol. The van der Waals surface area contributed by atoms with Crippen LogP contribution < -0.4 is 15.6 Å². The first-order valence-electron chi connectivity index (χ1n) is 12.1. The molecule has 1 aliphatic carbocycles. The van der Waals surface area contributed by atoms with E-state index in [4.69, 9.17) is 15.3 Å². The molecule has 4 heterocycles. The lowest BCUT2D eigenvalue weighted by atomic mass is 9.92. The highest BCUT2D eigenvalue weighted by molar-refractivity contribution is 7.99. The van der Waals surface area contributed by atoms with E-state index >= 15 is 0 Å². The van der Waals surface area contributed by atoms with Crippen molar-refractivity contribution >= 4 is 51.7 Å². The van der Waals surface area contributed by atoms with Gasteiger partial charge in [-0.25, -0.2) is 14.3 Å². The summed E-state index contributed by atoms with van der Waals surface area (Å²) in [4.78, 5) is 50.2. The van der Waals surface area contributed by atoms with Gasteiger partial charge in [0.1, 0.15) is 43.3 Å². The fourth-order valence-electron chi connectivity index (χ4n) is 4.53. The molecule has 0 radical (unpaired) electrons. The summed E-state index contributed by atoms with van der Waals surface area (Å²) in [6.07, 6.45) is 7.44. The van der Waals surface area contributed by atoms with E-state index in [1.807, 2.05) is 36.1 Å². The highest BCUT2D eigenvalue weighted by Crippen LogP contribution is 2.35. The number of rotatable bonds is 9. The molecule has 2 aromatic heterocycles. The first kappa shape index (κ1) is 26.0. The average Bonchev–Trinajstić information content (AvgIpc) is 3.58. The van der Waals surface area contributed by atoms with Gasteiger partial charge in [0.25, 0.3) is 11.8 Å². The van der Waals surface area contributed by atoms with Gasteiger partial charge in [-0.15, -0.1) is 23.1 Å². The number of nitrogens with two attached hydrogens (primary N) is 1. The fourth-order valence-corrected chi connectivity index (χ4v) is 5.91. The van der Waals surface area contributed by atoms with Crippen molar-refractivity contribution in [2.45, 2.75) is 48.8 Å². The molecule has 0 bridgehead atoms. The van der Waals surface area contributed by atoms with E-state index in [1.54, 1.807) is 5.38 Å². The lowest BCUT2D eigenvalue weighted by Crippen LogP contribution is -2.73. The summed E-state index contributed by atoms with van der Waals surface area (Å²) in [5.41, 5.74) is 5.69. The van der Waals surface area contributed by atoms with Crippen LogP contribution in [0.2, 0.25) is 0 Å². The van der Waals surface area contributed by atoms with Crippen molar-refractivity contribution in [3.05, 3.63) is 47.1 Å². The van der Waals surface area contributed by atoms with Crippen LogP contribution >= 0.6 is 23.1 Å². The monoisotopic (exact) mass is 559 g/mol. The van der Waals surface area contributed by atoms with E-state index in [0.29, 0.717) is 0 Å². The number of hydrogen-bond donors (Lipinski definition) is 3. The topological polar surface area (TPSA) is 160 Å². The van der Waals surface area contributed by atoms with Crippen molar-refractivity contribution in [2.24, 2.45) is 12.2 Å². The van der Waals surface area contributed by atoms with Gasteiger partial charge < -0.3 is 25.7 Å². The third-order valence-corrected chi connectivity index (χ3v) is 8.22. The van der Waals surface area contributed by atoms with E-state index in [0.717, 1.165) is 41.9 Å². The molecule has 0 unspecified atom stereocenters. The molecule has 1 saturated carbocycles. The number of carbonyl (C=O) groups excluding carboxylic acids is 2. The van der Waals surface area contributed by atoms with Gasteiger partial charge in [0, 0.05) is 22.4 Å². The Bertz CT molecular complexity index is 1300. The number of ether oxygens (including phenoxy) is 1. The van der Waals surface area contributed by atoms with Gasteiger partial charge in [0.2, 0.25) is 0 Å². The molecule has 12 nitrogen and oxygen atoms in total. The Labute approximate surface area is 226 Å². The van der Waals surface area contributed by atoms with Crippen LogP contribution in [0.25, 0.3) is 0 Å². The number of hydrogen-bond acceptors (Lipinski definition) is 10. The number of carboxylic acids is 1. The number of nitrogens with one attached hydrogen (secondary N) is 1. The molecule has 0 spiro atoms. The number of carbonyl (C=O) groups is 3. The van der Waals surface area contributed by atoms with E-state index < -0.39 is 29.9 Å². The number of carboxylic acid groups (broad SMARTS) is 1. The highest BCUT2D eigenvalue weighted by Gasteiger charge is 2.55. The molecule has 38 heavy (non-hydrogen) atoms. The van der Waals surface area contributed by atoms with Crippen molar-refractivity contribution in [1.29, 1.82) is 0 Å².